The Morgan fingerprint density at radius 3 is 2.15 bits per heavy atom. The van der Waals surface area contributed by atoms with Crippen LogP contribution in [0.5, 0.6) is 0 Å². The van der Waals surface area contributed by atoms with Crippen molar-refractivity contribution in [3.63, 3.8) is 0 Å². The Balaban J connectivity index is 3.20. The minimum atomic E-state index is 0.395. The minimum Gasteiger partial charge on any atom is -0.383 e. The zero-order chi connectivity index (χ0) is 9.84. The number of hydrogen-bond acceptors (Lipinski definition) is 5. The molecule has 6 heteroatoms. The molecule has 0 aliphatic heterocycles. The lowest BCUT2D eigenvalue weighted by Gasteiger charge is -2.10. The molecule has 0 bridgehead atoms. The summed E-state index contributed by atoms with van der Waals surface area (Å²) in [5.74, 6) is 1.17. The van der Waals surface area contributed by atoms with E-state index in [9.17, 15) is 0 Å². The highest BCUT2D eigenvalue weighted by atomic mass is 35.5. The lowest BCUT2D eigenvalue weighted by Crippen LogP contribution is -2.05. The maximum atomic E-state index is 5.90. The van der Waals surface area contributed by atoms with Gasteiger partial charge in [0.2, 0.25) is 5.95 Å². The molecule has 0 radical (unpaired) electrons. The smallest absolute Gasteiger partial charge is 0.225 e. The molecular formula is C7H12ClN5. The molecule has 13 heavy (non-hydrogen) atoms. The van der Waals surface area contributed by atoms with Gasteiger partial charge in [-0.2, -0.15) is 9.97 Å². The first-order chi connectivity index (χ1) is 6.22. The summed E-state index contributed by atoms with van der Waals surface area (Å²) in [6, 6.07) is 0. The van der Waals surface area contributed by atoms with Gasteiger partial charge in [-0.05, 0) is 0 Å². The molecule has 1 heterocycles. The summed E-state index contributed by atoms with van der Waals surface area (Å²) in [5.41, 5.74) is 0.697. The lowest BCUT2D eigenvalue weighted by atomic mass is 10.4. The Labute approximate surface area is 81.9 Å². The molecule has 0 spiro atoms. The SMILES string of the molecule is CNc1nc(Cl)c(NC)c(NC)n1. The zero-order valence-electron chi connectivity index (χ0n) is 7.77. The van der Waals surface area contributed by atoms with E-state index in [4.69, 9.17) is 11.6 Å². The number of aromatic nitrogens is 2. The third-order valence-corrected chi connectivity index (χ3v) is 1.85. The van der Waals surface area contributed by atoms with Crippen LogP contribution in [0.3, 0.4) is 0 Å². The van der Waals surface area contributed by atoms with Crippen LogP contribution in [0, 0.1) is 0 Å². The van der Waals surface area contributed by atoms with Crippen molar-refractivity contribution < 1.29 is 0 Å². The Bertz CT molecular complexity index is 301. The van der Waals surface area contributed by atoms with E-state index in [0.717, 1.165) is 0 Å². The van der Waals surface area contributed by atoms with Crippen molar-refractivity contribution >= 4 is 29.1 Å². The quantitative estimate of drug-likeness (QED) is 0.643. The summed E-state index contributed by atoms with van der Waals surface area (Å²) >= 11 is 5.90. The van der Waals surface area contributed by atoms with Gasteiger partial charge < -0.3 is 16.0 Å². The van der Waals surface area contributed by atoms with Crippen LogP contribution in [0.1, 0.15) is 0 Å². The third-order valence-electron chi connectivity index (χ3n) is 1.58. The van der Waals surface area contributed by atoms with Crippen LogP contribution in [0.25, 0.3) is 0 Å². The summed E-state index contributed by atoms with van der Waals surface area (Å²) in [4.78, 5) is 8.17. The van der Waals surface area contributed by atoms with Crippen LogP contribution in [0.2, 0.25) is 5.15 Å². The molecule has 0 aromatic carbocycles. The van der Waals surface area contributed by atoms with E-state index < -0.39 is 0 Å². The number of nitrogens with one attached hydrogen (secondary N) is 3. The highest BCUT2D eigenvalue weighted by Crippen LogP contribution is 2.27. The van der Waals surface area contributed by atoms with E-state index in [2.05, 4.69) is 25.9 Å². The molecule has 0 fully saturated rings. The van der Waals surface area contributed by atoms with E-state index in [1.165, 1.54) is 0 Å². The summed E-state index contributed by atoms with van der Waals surface area (Å²) in [6.07, 6.45) is 0. The van der Waals surface area contributed by atoms with Gasteiger partial charge in [-0.1, -0.05) is 11.6 Å². The Morgan fingerprint density at radius 2 is 1.69 bits per heavy atom. The standard InChI is InChI=1S/C7H12ClN5/c1-9-4-5(8)12-7(11-3)13-6(4)10-2/h9H,1-3H3,(H2,10,11,12,13). The van der Waals surface area contributed by atoms with Crippen molar-refractivity contribution in [2.45, 2.75) is 0 Å². The second-order valence-corrected chi connectivity index (χ2v) is 2.67. The zero-order valence-corrected chi connectivity index (χ0v) is 8.53. The Morgan fingerprint density at radius 1 is 1.00 bits per heavy atom. The van der Waals surface area contributed by atoms with Crippen LogP contribution in [-0.2, 0) is 0 Å². The molecule has 0 unspecified atom stereocenters. The molecule has 0 aliphatic carbocycles. The van der Waals surface area contributed by atoms with E-state index in [1.54, 1.807) is 21.1 Å². The monoisotopic (exact) mass is 201 g/mol. The number of halogens is 1. The van der Waals surface area contributed by atoms with Crippen LogP contribution in [-0.4, -0.2) is 31.1 Å². The summed E-state index contributed by atoms with van der Waals surface area (Å²) < 4.78 is 0. The molecule has 1 aromatic rings. The second kappa shape index (κ2) is 4.13. The molecule has 0 saturated heterocycles. The van der Waals surface area contributed by atoms with Gasteiger partial charge >= 0.3 is 0 Å². The van der Waals surface area contributed by atoms with Crippen molar-refractivity contribution in [1.82, 2.24) is 9.97 Å². The van der Waals surface area contributed by atoms with E-state index in [1.807, 2.05) is 0 Å². The molecule has 0 saturated carbocycles. The number of nitrogens with zero attached hydrogens (tertiary/aromatic N) is 2. The molecular weight excluding hydrogens is 190 g/mol. The topological polar surface area (TPSA) is 61.9 Å². The third kappa shape index (κ3) is 1.92. The van der Waals surface area contributed by atoms with Crippen molar-refractivity contribution in [1.29, 1.82) is 0 Å². The van der Waals surface area contributed by atoms with Gasteiger partial charge in [-0.3, -0.25) is 0 Å². The predicted molar refractivity (Wildman–Crippen MR) is 55.7 cm³/mol. The molecule has 3 N–H and O–H groups in total. The van der Waals surface area contributed by atoms with Gasteiger partial charge in [0.15, 0.2) is 11.0 Å². The fraction of sp³-hybridized carbons (Fsp3) is 0.429. The Kier molecular flexibility index (Phi) is 3.13. The fourth-order valence-electron chi connectivity index (χ4n) is 0.948. The van der Waals surface area contributed by atoms with Crippen LogP contribution < -0.4 is 16.0 Å². The highest BCUT2D eigenvalue weighted by molar-refractivity contribution is 6.32. The van der Waals surface area contributed by atoms with Gasteiger partial charge in [0.1, 0.15) is 5.69 Å². The lowest BCUT2D eigenvalue weighted by molar-refractivity contribution is 1.14. The largest absolute Gasteiger partial charge is 0.383 e. The van der Waals surface area contributed by atoms with E-state index in [-0.39, 0.29) is 0 Å². The average Bonchev–Trinajstić information content (AvgIpc) is 2.16. The highest BCUT2D eigenvalue weighted by Gasteiger charge is 2.09. The van der Waals surface area contributed by atoms with Gasteiger partial charge in [0, 0.05) is 21.1 Å². The molecule has 72 valence electrons. The molecule has 1 aromatic heterocycles. The first-order valence-corrected chi connectivity index (χ1v) is 4.21. The predicted octanol–water partition coefficient (Wildman–Crippen LogP) is 1.26. The summed E-state index contributed by atoms with van der Waals surface area (Å²) in [5, 5.41) is 9.06. The van der Waals surface area contributed by atoms with Crippen LogP contribution >= 0.6 is 11.6 Å². The van der Waals surface area contributed by atoms with Crippen molar-refractivity contribution in [2.24, 2.45) is 0 Å². The molecule has 0 amide bonds. The van der Waals surface area contributed by atoms with Crippen LogP contribution in [0.4, 0.5) is 17.5 Å². The van der Waals surface area contributed by atoms with E-state index in [0.29, 0.717) is 22.6 Å². The Hall–Kier alpha value is -1.23. The molecule has 0 aliphatic rings. The normalized spacial score (nSPS) is 9.54. The fourth-order valence-corrected chi connectivity index (χ4v) is 1.21. The number of hydrogen-bond donors (Lipinski definition) is 3. The average molecular weight is 202 g/mol. The summed E-state index contributed by atoms with van der Waals surface area (Å²) in [7, 11) is 5.29. The number of anilines is 3. The number of rotatable bonds is 3. The first kappa shape index (κ1) is 9.85. The van der Waals surface area contributed by atoms with E-state index >= 15 is 0 Å². The molecule has 0 atom stereocenters. The minimum absolute atomic E-state index is 0.395. The second-order valence-electron chi connectivity index (χ2n) is 2.31. The van der Waals surface area contributed by atoms with Gasteiger partial charge in [0.05, 0.1) is 0 Å². The summed E-state index contributed by atoms with van der Waals surface area (Å²) in [6.45, 7) is 0. The maximum Gasteiger partial charge on any atom is 0.225 e. The van der Waals surface area contributed by atoms with Gasteiger partial charge in [0.25, 0.3) is 0 Å². The van der Waals surface area contributed by atoms with Gasteiger partial charge in [-0.25, -0.2) is 0 Å². The van der Waals surface area contributed by atoms with Crippen LogP contribution in [0.15, 0.2) is 0 Å². The van der Waals surface area contributed by atoms with Crippen molar-refractivity contribution in [2.75, 3.05) is 37.1 Å². The molecule has 1 rings (SSSR count). The molecule has 5 nitrogen and oxygen atoms in total. The van der Waals surface area contributed by atoms with Gasteiger partial charge in [-0.15, -0.1) is 0 Å². The van der Waals surface area contributed by atoms with Crippen molar-refractivity contribution in [3.05, 3.63) is 5.15 Å². The maximum absolute atomic E-state index is 5.90. The first-order valence-electron chi connectivity index (χ1n) is 3.83. The van der Waals surface area contributed by atoms with Crippen molar-refractivity contribution in [3.8, 4) is 0 Å².